The van der Waals surface area contributed by atoms with E-state index < -0.39 is 0 Å². The maximum atomic E-state index is 12.0. The van der Waals surface area contributed by atoms with Gasteiger partial charge < -0.3 is 14.6 Å². The van der Waals surface area contributed by atoms with Crippen molar-refractivity contribution < 1.29 is 9.21 Å². The summed E-state index contributed by atoms with van der Waals surface area (Å²) < 4.78 is 5.64. The molecule has 1 fully saturated rings. The summed E-state index contributed by atoms with van der Waals surface area (Å²) in [6.45, 7) is 1.56. The fourth-order valence-corrected chi connectivity index (χ4v) is 3.22. The molecule has 2 aromatic rings. The van der Waals surface area contributed by atoms with Crippen LogP contribution in [0.15, 0.2) is 47.1 Å². The van der Waals surface area contributed by atoms with Crippen molar-refractivity contribution in [1.29, 1.82) is 0 Å². The molecule has 2 heterocycles. The number of hydrogen-bond donors (Lipinski definition) is 1. The fourth-order valence-electron chi connectivity index (χ4n) is 3.22. The Morgan fingerprint density at radius 2 is 2.14 bits per heavy atom. The van der Waals surface area contributed by atoms with Gasteiger partial charge in [-0.3, -0.25) is 4.79 Å². The van der Waals surface area contributed by atoms with Crippen LogP contribution in [0.4, 0.5) is 5.69 Å². The Morgan fingerprint density at radius 1 is 1.27 bits per heavy atom. The summed E-state index contributed by atoms with van der Waals surface area (Å²) >= 11 is 0. The van der Waals surface area contributed by atoms with Gasteiger partial charge in [-0.1, -0.05) is 18.2 Å². The molecule has 0 radical (unpaired) electrons. The van der Waals surface area contributed by atoms with E-state index in [1.54, 1.807) is 6.26 Å². The van der Waals surface area contributed by atoms with Crippen LogP contribution >= 0.6 is 0 Å². The van der Waals surface area contributed by atoms with Gasteiger partial charge in [-0.2, -0.15) is 0 Å². The van der Waals surface area contributed by atoms with Gasteiger partial charge in [0.1, 0.15) is 11.8 Å². The summed E-state index contributed by atoms with van der Waals surface area (Å²) in [6, 6.07) is 12.4. The van der Waals surface area contributed by atoms with Crippen molar-refractivity contribution in [2.45, 2.75) is 25.3 Å². The zero-order valence-corrected chi connectivity index (χ0v) is 12.5. The van der Waals surface area contributed by atoms with Gasteiger partial charge in [-0.25, -0.2) is 0 Å². The molecular weight excluding hydrogens is 276 g/mol. The second kappa shape index (κ2) is 5.52. The normalized spacial score (nSPS) is 18.1. The third kappa shape index (κ3) is 2.49. The highest BCUT2D eigenvalue weighted by molar-refractivity contribution is 5.80. The molecular formula is C18H20N2O2. The molecule has 0 spiro atoms. The predicted molar refractivity (Wildman–Crippen MR) is 84.7 cm³/mol. The molecule has 22 heavy (non-hydrogen) atoms. The smallest absolute Gasteiger partial charge is 0.223 e. The first-order valence-electron chi connectivity index (χ1n) is 7.98. The second-order valence-electron chi connectivity index (χ2n) is 6.12. The number of furan rings is 1. The molecule has 1 unspecified atom stereocenters. The highest BCUT2D eigenvalue weighted by Gasteiger charge is 2.32. The van der Waals surface area contributed by atoms with Crippen LogP contribution in [-0.2, 0) is 11.2 Å². The maximum Gasteiger partial charge on any atom is 0.223 e. The summed E-state index contributed by atoms with van der Waals surface area (Å²) in [6.07, 6.45) is 4.81. The van der Waals surface area contributed by atoms with Gasteiger partial charge in [0, 0.05) is 24.7 Å². The molecule has 1 aromatic carbocycles. The Balaban J connectivity index is 1.56. The number of amides is 1. The van der Waals surface area contributed by atoms with Gasteiger partial charge >= 0.3 is 0 Å². The summed E-state index contributed by atoms with van der Waals surface area (Å²) in [4.78, 5) is 14.3. The van der Waals surface area contributed by atoms with Crippen molar-refractivity contribution >= 4 is 11.6 Å². The van der Waals surface area contributed by atoms with E-state index in [1.165, 1.54) is 11.3 Å². The lowest BCUT2D eigenvalue weighted by molar-refractivity contribution is -0.122. The van der Waals surface area contributed by atoms with Crippen molar-refractivity contribution in [3.05, 3.63) is 54.0 Å². The molecule has 4 nitrogen and oxygen atoms in total. The zero-order chi connectivity index (χ0) is 14.9. The van der Waals surface area contributed by atoms with Gasteiger partial charge in [0.15, 0.2) is 0 Å². The molecule has 0 bridgehead atoms. The average molecular weight is 296 g/mol. The number of anilines is 1. The number of para-hydroxylation sites is 1. The Morgan fingerprint density at radius 3 is 2.91 bits per heavy atom. The molecule has 1 atom stereocenters. The lowest BCUT2D eigenvalue weighted by Crippen LogP contribution is -2.37. The van der Waals surface area contributed by atoms with E-state index in [9.17, 15) is 4.79 Å². The van der Waals surface area contributed by atoms with Gasteiger partial charge in [0.05, 0.1) is 6.26 Å². The quantitative estimate of drug-likeness (QED) is 0.922. The molecule has 114 valence electrons. The van der Waals surface area contributed by atoms with Crippen LogP contribution < -0.4 is 10.2 Å². The number of hydrogen-bond acceptors (Lipinski definition) is 3. The Labute approximate surface area is 130 Å². The minimum absolute atomic E-state index is 0.0568. The van der Waals surface area contributed by atoms with Crippen LogP contribution in [0, 0.1) is 5.92 Å². The minimum Gasteiger partial charge on any atom is -0.467 e. The highest BCUT2D eigenvalue weighted by Crippen LogP contribution is 2.35. The molecule has 1 amide bonds. The molecule has 1 N–H and O–H groups in total. The Hall–Kier alpha value is -2.23. The van der Waals surface area contributed by atoms with E-state index in [-0.39, 0.29) is 17.9 Å². The molecule has 1 saturated carbocycles. The molecule has 1 aromatic heterocycles. The summed E-state index contributed by atoms with van der Waals surface area (Å²) in [5.74, 6) is 1.33. The standard InChI is InChI=1S/C18H20N2O2/c21-18(14-7-8-14)19-12-16(17-6-3-11-22-17)20-10-9-13-4-1-2-5-15(13)20/h1-6,11,14,16H,7-10,12H2,(H,19,21). The lowest BCUT2D eigenvalue weighted by Gasteiger charge is -2.29. The van der Waals surface area contributed by atoms with E-state index in [4.69, 9.17) is 4.42 Å². The first-order valence-corrected chi connectivity index (χ1v) is 7.98. The second-order valence-corrected chi connectivity index (χ2v) is 6.12. The number of carbonyl (C=O) groups is 1. The van der Waals surface area contributed by atoms with Gasteiger partial charge in [0.2, 0.25) is 5.91 Å². The Bertz CT molecular complexity index is 661. The third-order valence-corrected chi connectivity index (χ3v) is 4.59. The maximum absolute atomic E-state index is 12.0. The SMILES string of the molecule is O=C(NCC(c1ccco1)N1CCc2ccccc21)C1CC1. The number of rotatable bonds is 5. The van der Waals surface area contributed by atoms with E-state index >= 15 is 0 Å². The fraction of sp³-hybridized carbons (Fsp3) is 0.389. The van der Waals surface area contributed by atoms with Crippen LogP contribution in [0.5, 0.6) is 0 Å². The van der Waals surface area contributed by atoms with Gasteiger partial charge in [0.25, 0.3) is 0 Å². The first-order chi connectivity index (χ1) is 10.8. The van der Waals surface area contributed by atoms with Crippen molar-refractivity contribution in [1.82, 2.24) is 5.32 Å². The van der Waals surface area contributed by atoms with Gasteiger partial charge in [-0.15, -0.1) is 0 Å². The topological polar surface area (TPSA) is 45.5 Å². The van der Waals surface area contributed by atoms with Crippen molar-refractivity contribution in [2.75, 3.05) is 18.0 Å². The number of fused-ring (bicyclic) bond motifs is 1. The Kier molecular flexibility index (Phi) is 3.37. The number of nitrogens with zero attached hydrogens (tertiary/aromatic N) is 1. The van der Waals surface area contributed by atoms with Crippen LogP contribution in [0.2, 0.25) is 0 Å². The number of carbonyl (C=O) groups excluding carboxylic acids is 1. The lowest BCUT2D eigenvalue weighted by atomic mass is 10.1. The number of nitrogens with one attached hydrogen (secondary N) is 1. The molecule has 1 aliphatic heterocycles. The van der Waals surface area contributed by atoms with Crippen molar-refractivity contribution in [3.8, 4) is 0 Å². The zero-order valence-electron chi connectivity index (χ0n) is 12.5. The van der Waals surface area contributed by atoms with E-state index in [0.717, 1.165) is 31.6 Å². The van der Waals surface area contributed by atoms with Crippen LogP contribution in [-0.4, -0.2) is 19.0 Å². The monoisotopic (exact) mass is 296 g/mol. The molecule has 4 heteroatoms. The van der Waals surface area contributed by atoms with E-state index in [2.05, 4.69) is 34.5 Å². The molecule has 4 rings (SSSR count). The third-order valence-electron chi connectivity index (χ3n) is 4.59. The van der Waals surface area contributed by atoms with Gasteiger partial charge in [-0.05, 0) is 43.0 Å². The summed E-state index contributed by atoms with van der Waals surface area (Å²) in [5.41, 5.74) is 2.62. The molecule has 1 aliphatic carbocycles. The van der Waals surface area contributed by atoms with Crippen LogP contribution in [0.1, 0.15) is 30.2 Å². The summed E-state index contributed by atoms with van der Waals surface area (Å²) in [7, 11) is 0. The first kappa shape index (κ1) is 13.4. The van der Waals surface area contributed by atoms with E-state index in [0.29, 0.717) is 6.54 Å². The van der Waals surface area contributed by atoms with Crippen LogP contribution in [0.3, 0.4) is 0 Å². The predicted octanol–water partition coefficient (Wildman–Crippen LogP) is 2.91. The minimum atomic E-state index is 0.0568. The average Bonchev–Trinajstić information content (AvgIpc) is 3.09. The highest BCUT2D eigenvalue weighted by atomic mass is 16.3. The molecule has 0 saturated heterocycles. The van der Waals surface area contributed by atoms with Crippen molar-refractivity contribution in [3.63, 3.8) is 0 Å². The van der Waals surface area contributed by atoms with E-state index in [1.807, 2.05) is 12.1 Å². The number of benzene rings is 1. The summed E-state index contributed by atoms with van der Waals surface area (Å²) in [5, 5.41) is 3.10. The largest absolute Gasteiger partial charge is 0.467 e. The van der Waals surface area contributed by atoms with Crippen LogP contribution in [0.25, 0.3) is 0 Å². The van der Waals surface area contributed by atoms with Crippen molar-refractivity contribution in [2.24, 2.45) is 5.92 Å². The molecule has 2 aliphatic rings.